The van der Waals surface area contributed by atoms with Crippen molar-refractivity contribution in [2.24, 2.45) is 5.92 Å². The second-order valence-corrected chi connectivity index (χ2v) is 19.4. The molecule has 4 atom stereocenters. The summed E-state index contributed by atoms with van der Waals surface area (Å²) in [6, 6.07) is 33.8. The maximum atomic E-state index is 7.11. The highest BCUT2D eigenvalue weighted by atomic mass is 127. The number of allylic oxidation sites excluding steroid dienone is 7. The van der Waals surface area contributed by atoms with Crippen molar-refractivity contribution >= 4 is 70.6 Å². The molecule has 0 N–H and O–H groups in total. The molecule has 4 heteroatoms. The molecule has 1 fully saturated rings. The first-order valence-corrected chi connectivity index (χ1v) is 21.0. The zero-order chi connectivity index (χ0) is 36.7. The molecule has 6 aromatic rings. The molecule has 0 radical (unpaired) electrons. The maximum absolute atomic E-state index is 7.11. The molecule has 0 amide bonds. The van der Waals surface area contributed by atoms with Gasteiger partial charge in [-0.2, -0.15) is 0 Å². The summed E-state index contributed by atoms with van der Waals surface area (Å²) >= 11 is 4.51. The van der Waals surface area contributed by atoms with E-state index in [1.807, 2.05) is 11.3 Å². The Morgan fingerprint density at radius 3 is 2.44 bits per heavy atom. The lowest BCUT2D eigenvalue weighted by atomic mass is 9.78. The summed E-state index contributed by atoms with van der Waals surface area (Å²) in [5.41, 5.74) is 14.2. The van der Waals surface area contributed by atoms with Crippen molar-refractivity contribution in [2.45, 2.75) is 55.0 Å². The molecule has 1 aliphatic heterocycles. The van der Waals surface area contributed by atoms with Crippen molar-refractivity contribution in [3.8, 4) is 16.9 Å². The molecule has 54 heavy (non-hydrogen) atoms. The molecule has 4 aliphatic carbocycles. The number of benzene rings is 5. The van der Waals surface area contributed by atoms with E-state index < -0.39 is 0 Å². The Hall–Kier alpha value is -4.65. The fourth-order valence-electron chi connectivity index (χ4n) is 10.4. The SMILES string of the molecule is C=C1/C(=C\C)[C@@H]2CC=C(N(C3=CC4c5c(c6c(c7ccccc57)C(C)(C)c5ccccc5-6)OC4C=C3)c3ccc4sc5ccccc5c4c3)C=C2C1(C)I. The van der Waals surface area contributed by atoms with E-state index in [0.29, 0.717) is 5.92 Å². The Morgan fingerprint density at radius 2 is 1.61 bits per heavy atom. The van der Waals surface area contributed by atoms with E-state index in [2.05, 4.69) is 189 Å². The minimum Gasteiger partial charge on any atom is -0.484 e. The van der Waals surface area contributed by atoms with Crippen LogP contribution in [0.2, 0.25) is 0 Å². The van der Waals surface area contributed by atoms with E-state index in [9.17, 15) is 0 Å². The number of hydrogen-bond acceptors (Lipinski definition) is 3. The summed E-state index contributed by atoms with van der Waals surface area (Å²) in [7, 11) is 0. The van der Waals surface area contributed by atoms with E-state index in [1.54, 1.807) is 0 Å². The smallest absolute Gasteiger partial charge is 0.132 e. The monoisotopic (exact) mass is 829 g/mol. The average molecular weight is 830 g/mol. The van der Waals surface area contributed by atoms with Gasteiger partial charge in [-0.1, -0.05) is 122 Å². The van der Waals surface area contributed by atoms with Crippen LogP contribution in [-0.2, 0) is 5.41 Å². The van der Waals surface area contributed by atoms with Gasteiger partial charge >= 0.3 is 0 Å². The molecule has 264 valence electrons. The lowest BCUT2D eigenvalue weighted by Crippen LogP contribution is -2.28. The molecule has 11 rings (SSSR count). The minimum atomic E-state index is -0.133. The second kappa shape index (κ2) is 11.4. The van der Waals surface area contributed by atoms with Gasteiger partial charge in [-0.05, 0) is 113 Å². The molecule has 2 nitrogen and oxygen atoms in total. The van der Waals surface area contributed by atoms with Gasteiger partial charge in [-0.15, -0.1) is 11.3 Å². The molecular weight excluding hydrogens is 790 g/mol. The van der Waals surface area contributed by atoms with Crippen LogP contribution < -0.4 is 9.64 Å². The molecule has 0 spiro atoms. The standard InChI is InChI=1S/C50H40INOS/c1-6-32-28(2)50(5,51)41-27-31(19-22-33(32)41)52(30-21-24-44-38(25-30)34-13-10-12-18-43(34)54-44)29-20-23-42-39(26-29)45-35-14-7-8-15-36(35)47-46(48(45)53-42)37-16-9-11-17-40(37)49(47,3)4/h6-21,23-27,33,39,42H,2,22H2,1,3-5H3/b32-6+/t33-,39?,42?,50?/m0/s1. The van der Waals surface area contributed by atoms with E-state index in [-0.39, 0.29) is 20.9 Å². The highest BCUT2D eigenvalue weighted by molar-refractivity contribution is 14.1. The van der Waals surface area contributed by atoms with Crippen LogP contribution in [-0.4, -0.2) is 9.53 Å². The highest BCUT2D eigenvalue weighted by Crippen LogP contribution is 2.61. The Balaban J connectivity index is 1.12. The molecular formula is C50H40INOS. The first kappa shape index (κ1) is 32.8. The lowest BCUT2D eigenvalue weighted by Gasteiger charge is -2.34. The predicted molar refractivity (Wildman–Crippen MR) is 237 cm³/mol. The third-order valence-electron chi connectivity index (χ3n) is 13.0. The van der Waals surface area contributed by atoms with Gasteiger partial charge in [0.1, 0.15) is 11.9 Å². The van der Waals surface area contributed by atoms with Gasteiger partial charge in [0.05, 0.1) is 3.42 Å². The van der Waals surface area contributed by atoms with Crippen molar-refractivity contribution in [3.05, 3.63) is 179 Å². The zero-order valence-electron chi connectivity index (χ0n) is 30.9. The second-order valence-electron chi connectivity index (χ2n) is 16.1. The average Bonchev–Trinajstić information content (AvgIpc) is 3.87. The number of anilines is 1. The van der Waals surface area contributed by atoms with Crippen molar-refractivity contribution < 1.29 is 4.74 Å². The van der Waals surface area contributed by atoms with E-state index in [4.69, 9.17) is 4.74 Å². The number of fused-ring (bicyclic) bond motifs is 14. The van der Waals surface area contributed by atoms with Gasteiger partial charge in [-0.3, -0.25) is 0 Å². The number of ether oxygens (including phenoxy) is 1. The largest absolute Gasteiger partial charge is 0.484 e. The first-order valence-electron chi connectivity index (χ1n) is 19.1. The molecule has 0 saturated heterocycles. The fraction of sp³-hybridized carbons (Fsp3) is 0.200. The van der Waals surface area contributed by atoms with Crippen LogP contribution in [0, 0.1) is 5.92 Å². The van der Waals surface area contributed by atoms with Gasteiger partial charge in [0.15, 0.2) is 0 Å². The molecule has 1 aromatic heterocycles. The number of hydrogen-bond donors (Lipinski definition) is 0. The molecule has 3 unspecified atom stereocenters. The summed E-state index contributed by atoms with van der Waals surface area (Å²) in [6.07, 6.45) is 15.2. The normalized spacial score (nSPS) is 25.2. The van der Waals surface area contributed by atoms with E-state index in [0.717, 1.165) is 12.2 Å². The summed E-state index contributed by atoms with van der Waals surface area (Å²) in [5.74, 6) is 1.50. The van der Waals surface area contributed by atoms with E-state index >= 15 is 0 Å². The third-order valence-corrected chi connectivity index (χ3v) is 15.4. The Labute approximate surface area is 334 Å². The van der Waals surface area contributed by atoms with Gasteiger partial charge in [0, 0.05) is 65.6 Å². The van der Waals surface area contributed by atoms with Crippen LogP contribution in [0.3, 0.4) is 0 Å². The molecule has 5 aromatic carbocycles. The van der Waals surface area contributed by atoms with Crippen molar-refractivity contribution in [1.29, 1.82) is 0 Å². The lowest BCUT2D eigenvalue weighted by molar-refractivity contribution is 0.269. The van der Waals surface area contributed by atoms with Crippen LogP contribution in [0.25, 0.3) is 42.1 Å². The molecule has 1 saturated carbocycles. The van der Waals surface area contributed by atoms with Crippen LogP contribution in [0.5, 0.6) is 5.75 Å². The van der Waals surface area contributed by atoms with E-state index in [1.165, 1.54) is 92.6 Å². The van der Waals surface area contributed by atoms with Crippen LogP contribution >= 0.6 is 33.9 Å². The number of thiophene rings is 1. The molecule has 5 aliphatic rings. The maximum Gasteiger partial charge on any atom is 0.132 e. The molecule has 0 bridgehead atoms. The quantitative estimate of drug-likeness (QED) is 0.130. The van der Waals surface area contributed by atoms with Gasteiger partial charge in [0.25, 0.3) is 0 Å². The van der Waals surface area contributed by atoms with Crippen molar-refractivity contribution in [2.75, 3.05) is 4.90 Å². The number of alkyl halides is 1. The summed E-state index contributed by atoms with van der Waals surface area (Å²) in [6.45, 7) is 13.8. The zero-order valence-corrected chi connectivity index (χ0v) is 33.9. The van der Waals surface area contributed by atoms with Gasteiger partial charge in [0.2, 0.25) is 0 Å². The van der Waals surface area contributed by atoms with Crippen molar-refractivity contribution in [3.63, 3.8) is 0 Å². The topological polar surface area (TPSA) is 12.5 Å². The summed E-state index contributed by atoms with van der Waals surface area (Å²) in [5, 5.41) is 5.25. The highest BCUT2D eigenvalue weighted by Gasteiger charge is 2.47. The first-order chi connectivity index (χ1) is 26.2. The van der Waals surface area contributed by atoms with Crippen LogP contribution in [0.15, 0.2) is 162 Å². The fourth-order valence-corrected chi connectivity index (χ4v) is 12.3. The van der Waals surface area contributed by atoms with Gasteiger partial charge < -0.3 is 9.64 Å². The van der Waals surface area contributed by atoms with Crippen LogP contribution in [0.1, 0.15) is 56.7 Å². The minimum absolute atomic E-state index is 0.0691. The van der Waals surface area contributed by atoms with Crippen LogP contribution in [0.4, 0.5) is 5.69 Å². The Morgan fingerprint density at radius 1 is 0.870 bits per heavy atom. The third kappa shape index (κ3) is 4.33. The predicted octanol–water partition coefficient (Wildman–Crippen LogP) is 13.9. The Kier molecular flexibility index (Phi) is 6.94. The number of nitrogens with zero attached hydrogens (tertiary/aromatic N) is 1. The van der Waals surface area contributed by atoms with Crippen molar-refractivity contribution in [1.82, 2.24) is 0 Å². The number of halogens is 1. The number of rotatable bonds is 3. The summed E-state index contributed by atoms with van der Waals surface area (Å²) < 4.78 is 9.62. The summed E-state index contributed by atoms with van der Waals surface area (Å²) in [4.78, 5) is 2.51. The van der Waals surface area contributed by atoms with Gasteiger partial charge in [-0.25, -0.2) is 0 Å². The Bertz CT molecular complexity index is 2840. The molecule has 2 heterocycles.